The average Bonchev–Trinajstić information content (AvgIpc) is 2.54. The van der Waals surface area contributed by atoms with Crippen LogP contribution in [-0.2, 0) is 9.59 Å². The van der Waals surface area contributed by atoms with Crippen molar-refractivity contribution in [2.45, 2.75) is 82.7 Å². The van der Waals surface area contributed by atoms with Crippen LogP contribution in [0.2, 0.25) is 0 Å². The van der Waals surface area contributed by atoms with Crippen molar-refractivity contribution in [1.82, 2.24) is 10.6 Å². The van der Waals surface area contributed by atoms with E-state index >= 15 is 0 Å². The zero-order valence-electron chi connectivity index (χ0n) is 13.4. The first-order valence-electron chi connectivity index (χ1n) is 8.87. The van der Waals surface area contributed by atoms with Gasteiger partial charge in [0.05, 0.1) is 0 Å². The van der Waals surface area contributed by atoms with E-state index in [1.165, 1.54) is 38.5 Å². The molecule has 0 unspecified atom stereocenters. The van der Waals surface area contributed by atoms with Gasteiger partial charge in [-0.3, -0.25) is 9.59 Å². The lowest BCUT2D eigenvalue weighted by molar-refractivity contribution is -0.136. The van der Waals surface area contributed by atoms with Gasteiger partial charge in [0.1, 0.15) is 5.92 Å². The second-order valence-corrected chi connectivity index (χ2v) is 7.10. The molecular formula is C17H29ClN2O2. The van der Waals surface area contributed by atoms with Crippen molar-refractivity contribution in [1.29, 1.82) is 0 Å². The van der Waals surface area contributed by atoms with Gasteiger partial charge in [0.2, 0.25) is 11.8 Å². The number of halogens is 1. The van der Waals surface area contributed by atoms with Gasteiger partial charge in [-0.1, -0.05) is 38.5 Å². The fourth-order valence-electron chi connectivity index (χ4n) is 3.59. The number of hydrogen-bond donors (Lipinski definition) is 2. The molecule has 2 N–H and O–H groups in total. The van der Waals surface area contributed by atoms with Crippen molar-refractivity contribution in [3.05, 3.63) is 0 Å². The molecule has 0 bridgehead atoms. The molecule has 22 heavy (non-hydrogen) atoms. The summed E-state index contributed by atoms with van der Waals surface area (Å²) in [6.45, 7) is 0. The Morgan fingerprint density at radius 1 is 0.818 bits per heavy atom. The van der Waals surface area contributed by atoms with Crippen LogP contribution in [-0.4, -0.2) is 29.8 Å². The molecule has 0 aromatic carbocycles. The highest BCUT2D eigenvalue weighted by Crippen LogP contribution is 2.20. The Morgan fingerprint density at radius 2 is 1.23 bits per heavy atom. The van der Waals surface area contributed by atoms with Crippen molar-refractivity contribution in [2.24, 2.45) is 5.92 Å². The number of alkyl halides is 1. The van der Waals surface area contributed by atoms with E-state index < -0.39 is 5.92 Å². The molecule has 2 aliphatic rings. The van der Waals surface area contributed by atoms with Crippen molar-refractivity contribution in [3.63, 3.8) is 0 Å². The summed E-state index contributed by atoms with van der Waals surface area (Å²) in [7, 11) is 0. The molecule has 0 spiro atoms. The van der Waals surface area contributed by atoms with E-state index in [1.807, 2.05) is 0 Å². The predicted octanol–water partition coefficient (Wildman–Crippen LogP) is 3.13. The van der Waals surface area contributed by atoms with Gasteiger partial charge in [-0.2, -0.15) is 0 Å². The second-order valence-electron chi connectivity index (χ2n) is 6.72. The first kappa shape index (κ1) is 17.6. The van der Waals surface area contributed by atoms with Crippen LogP contribution in [0.15, 0.2) is 0 Å². The van der Waals surface area contributed by atoms with E-state index in [0.717, 1.165) is 25.7 Å². The van der Waals surface area contributed by atoms with Crippen LogP contribution in [0.25, 0.3) is 0 Å². The van der Waals surface area contributed by atoms with Gasteiger partial charge < -0.3 is 10.6 Å². The molecule has 2 fully saturated rings. The zero-order chi connectivity index (χ0) is 15.8. The van der Waals surface area contributed by atoms with Crippen molar-refractivity contribution < 1.29 is 9.59 Å². The number of nitrogens with one attached hydrogen (secondary N) is 2. The normalized spacial score (nSPS) is 20.8. The molecule has 0 aromatic rings. The first-order valence-corrected chi connectivity index (χ1v) is 9.41. The minimum Gasteiger partial charge on any atom is -0.353 e. The molecule has 0 saturated heterocycles. The van der Waals surface area contributed by atoms with Crippen LogP contribution in [0.5, 0.6) is 0 Å². The fraction of sp³-hybridized carbons (Fsp3) is 0.882. The van der Waals surface area contributed by atoms with Crippen molar-refractivity contribution in [3.8, 4) is 0 Å². The highest BCUT2D eigenvalue weighted by molar-refractivity contribution is 6.18. The van der Waals surface area contributed by atoms with Gasteiger partial charge in [-0.15, -0.1) is 11.6 Å². The van der Waals surface area contributed by atoms with E-state index in [2.05, 4.69) is 10.6 Å². The van der Waals surface area contributed by atoms with Gasteiger partial charge in [0.25, 0.3) is 0 Å². The SMILES string of the molecule is O=C(NC1CCCCC1)C(CCCl)C(=O)NC1CCCCC1. The quantitative estimate of drug-likeness (QED) is 0.581. The van der Waals surface area contributed by atoms with Crippen LogP contribution in [0.3, 0.4) is 0 Å². The van der Waals surface area contributed by atoms with Crippen molar-refractivity contribution in [2.75, 3.05) is 5.88 Å². The van der Waals surface area contributed by atoms with E-state index in [-0.39, 0.29) is 23.9 Å². The van der Waals surface area contributed by atoms with Gasteiger partial charge >= 0.3 is 0 Å². The van der Waals surface area contributed by atoms with Gasteiger partial charge in [0, 0.05) is 18.0 Å². The molecule has 2 aliphatic carbocycles. The summed E-state index contributed by atoms with van der Waals surface area (Å²) >= 11 is 5.81. The zero-order valence-corrected chi connectivity index (χ0v) is 14.2. The smallest absolute Gasteiger partial charge is 0.232 e. The highest BCUT2D eigenvalue weighted by atomic mass is 35.5. The van der Waals surface area contributed by atoms with Crippen LogP contribution >= 0.6 is 11.6 Å². The molecule has 0 atom stereocenters. The monoisotopic (exact) mass is 328 g/mol. The Labute approximate surface area is 138 Å². The molecule has 4 nitrogen and oxygen atoms in total. The standard InChI is InChI=1S/C17H29ClN2O2/c18-12-11-15(16(21)19-13-7-3-1-4-8-13)17(22)20-14-9-5-2-6-10-14/h13-15H,1-12H2,(H,19,21)(H,20,22). The maximum atomic E-state index is 12.5. The van der Waals surface area contributed by atoms with Crippen molar-refractivity contribution >= 4 is 23.4 Å². The highest BCUT2D eigenvalue weighted by Gasteiger charge is 2.29. The lowest BCUT2D eigenvalue weighted by atomic mass is 9.93. The number of hydrogen-bond acceptors (Lipinski definition) is 2. The van der Waals surface area contributed by atoms with E-state index in [1.54, 1.807) is 0 Å². The van der Waals surface area contributed by atoms with Crippen LogP contribution in [0, 0.1) is 5.92 Å². The molecule has 126 valence electrons. The van der Waals surface area contributed by atoms with E-state index in [4.69, 9.17) is 11.6 Å². The fourth-order valence-corrected chi connectivity index (χ4v) is 3.81. The Bertz CT molecular complexity index is 332. The molecule has 5 heteroatoms. The Morgan fingerprint density at radius 3 is 1.59 bits per heavy atom. The van der Waals surface area contributed by atoms with E-state index in [9.17, 15) is 9.59 Å². The lowest BCUT2D eigenvalue weighted by Crippen LogP contribution is -2.48. The molecular weight excluding hydrogens is 300 g/mol. The molecule has 0 aromatic heterocycles. The molecule has 0 heterocycles. The first-order chi connectivity index (χ1) is 10.7. The number of carbonyl (C=O) groups excluding carboxylic acids is 2. The maximum Gasteiger partial charge on any atom is 0.232 e. The molecule has 2 saturated carbocycles. The Kier molecular flexibility index (Phi) is 7.50. The number of carbonyl (C=O) groups is 2. The Hall–Kier alpha value is -0.770. The molecule has 0 aliphatic heterocycles. The largest absolute Gasteiger partial charge is 0.353 e. The summed E-state index contributed by atoms with van der Waals surface area (Å²) < 4.78 is 0. The Balaban J connectivity index is 1.85. The summed E-state index contributed by atoms with van der Waals surface area (Å²) in [5, 5.41) is 6.13. The number of rotatable bonds is 6. The summed E-state index contributed by atoms with van der Waals surface area (Å²) in [5.41, 5.74) is 0. The summed E-state index contributed by atoms with van der Waals surface area (Å²) in [6, 6.07) is 0.475. The average molecular weight is 329 g/mol. The molecule has 2 amide bonds. The molecule has 2 rings (SSSR count). The third kappa shape index (κ3) is 5.45. The third-order valence-corrected chi connectivity index (χ3v) is 5.15. The van der Waals surface area contributed by atoms with Gasteiger partial charge in [-0.05, 0) is 32.1 Å². The minimum atomic E-state index is -0.638. The van der Waals surface area contributed by atoms with Gasteiger partial charge in [0.15, 0.2) is 0 Å². The third-order valence-electron chi connectivity index (χ3n) is 4.93. The summed E-state index contributed by atoms with van der Waals surface area (Å²) in [6.07, 6.45) is 11.7. The summed E-state index contributed by atoms with van der Waals surface area (Å²) in [4.78, 5) is 24.9. The van der Waals surface area contributed by atoms with E-state index in [0.29, 0.717) is 12.3 Å². The lowest BCUT2D eigenvalue weighted by Gasteiger charge is -2.27. The van der Waals surface area contributed by atoms with Crippen LogP contribution < -0.4 is 10.6 Å². The number of amides is 2. The maximum absolute atomic E-state index is 12.5. The van der Waals surface area contributed by atoms with Crippen LogP contribution in [0.1, 0.15) is 70.6 Å². The topological polar surface area (TPSA) is 58.2 Å². The second kappa shape index (κ2) is 9.39. The van der Waals surface area contributed by atoms with Gasteiger partial charge in [-0.25, -0.2) is 0 Å². The summed E-state index contributed by atoms with van der Waals surface area (Å²) in [5.74, 6) is -0.580. The molecule has 0 radical (unpaired) electrons. The minimum absolute atomic E-state index is 0.138. The predicted molar refractivity (Wildman–Crippen MR) is 88.9 cm³/mol. The van der Waals surface area contributed by atoms with Crippen LogP contribution in [0.4, 0.5) is 0 Å².